The van der Waals surface area contributed by atoms with Crippen LogP contribution in [0, 0.1) is 11.8 Å². The second-order valence-corrected chi connectivity index (χ2v) is 8.70. The van der Waals surface area contributed by atoms with E-state index in [4.69, 9.17) is 16.3 Å². The van der Waals surface area contributed by atoms with Crippen LogP contribution in [0.25, 0.3) is 0 Å². The number of nitrogens with one attached hydrogen (secondary N) is 2. The number of fused-ring (bicyclic) bond motifs is 2. The van der Waals surface area contributed by atoms with Crippen molar-refractivity contribution < 1.29 is 14.3 Å². The summed E-state index contributed by atoms with van der Waals surface area (Å²) < 4.78 is 5.81. The van der Waals surface area contributed by atoms with Crippen molar-refractivity contribution in [2.75, 3.05) is 23.4 Å². The van der Waals surface area contributed by atoms with Gasteiger partial charge in [0, 0.05) is 30.6 Å². The fourth-order valence-corrected chi connectivity index (χ4v) is 5.06. The second-order valence-electron chi connectivity index (χ2n) is 8.09. The molecule has 1 aromatic rings. The maximum Gasteiger partial charge on any atom is 0.225 e. The van der Waals surface area contributed by atoms with Crippen molar-refractivity contribution >= 4 is 34.9 Å². The number of piperidine rings is 1. The first-order valence-corrected chi connectivity index (χ1v) is 10.5. The van der Waals surface area contributed by atoms with Gasteiger partial charge in [0.05, 0.1) is 18.2 Å². The summed E-state index contributed by atoms with van der Waals surface area (Å²) in [4.78, 5) is 30.7. The van der Waals surface area contributed by atoms with Crippen LogP contribution >= 0.6 is 11.6 Å². The summed E-state index contributed by atoms with van der Waals surface area (Å²) in [6.45, 7) is 4.49. The minimum Gasteiger partial charge on any atom is -0.486 e. The van der Waals surface area contributed by atoms with E-state index in [0.29, 0.717) is 36.3 Å². The Morgan fingerprint density at radius 1 is 1.43 bits per heavy atom. The molecule has 1 aromatic heterocycles. The van der Waals surface area contributed by atoms with E-state index < -0.39 is 0 Å². The molecule has 4 rings (SSSR count). The monoisotopic (exact) mass is 406 g/mol. The third kappa shape index (κ3) is 3.64. The van der Waals surface area contributed by atoms with Crippen LogP contribution in [0.15, 0.2) is 12.3 Å². The van der Waals surface area contributed by atoms with Crippen molar-refractivity contribution in [1.82, 2.24) is 10.3 Å². The SMILES string of the molecule is CC(=O)N1CCOc2c1ccnc2N[C@@H](C)C1CC2CC(Cl)CCC2NC1=O. The van der Waals surface area contributed by atoms with Crippen molar-refractivity contribution in [3.63, 3.8) is 0 Å². The number of halogens is 1. The Kier molecular flexibility index (Phi) is 5.36. The first-order valence-electron chi connectivity index (χ1n) is 10.0. The molecule has 4 unspecified atom stereocenters. The van der Waals surface area contributed by atoms with Gasteiger partial charge in [-0.1, -0.05) is 0 Å². The van der Waals surface area contributed by atoms with E-state index in [1.165, 1.54) is 0 Å². The Morgan fingerprint density at radius 3 is 3.04 bits per heavy atom. The minimum absolute atomic E-state index is 0.0274. The van der Waals surface area contributed by atoms with E-state index >= 15 is 0 Å². The summed E-state index contributed by atoms with van der Waals surface area (Å²) in [6.07, 6.45) is 5.36. The summed E-state index contributed by atoms with van der Waals surface area (Å²) in [5.41, 5.74) is 0.717. The number of aromatic nitrogens is 1. The van der Waals surface area contributed by atoms with Gasteiger partial charge in [0.1, 0.15) is 6.61 Å². The van der Waals surface area contributed by atoms with Gasteiger partial charge in [-0.2, -0.15) is 0 Å². The number of alkyl halides is 1. The zero-order chi connectivity index (χ0) is 19.8. The summed E-state index contributed by atoms with van der Waals surface area (Å²) in [7, 11) is 0. The maximum atomic E-state index is 12.7. The molecule has 2 amide bonds. The molecule has 7 nitrogen and oxygen atoms in total. The molecular weight excluding hydrogens is 380 g/mol. The van der Waals surface area contributed by atoms with E-state index in [0.717, 1.165) is 25.7 Å². The highest BCUT2D eigenvalue weighted by Gasteiger charge is 2.41. The lowest BCUT2D eigenvalue weighted by molar-refractivity contribution is -0.130. The van der Waals surface area contributed by atoms with E-state index in [1.54, 1.807) is 24.1 Å². The van der Waals surface area contributed by atoms with Gasteiger partial charge in [-0.25, -0.2) is 4.98 Å². The Morgan fingerprint density at radius 2 is 2.25 bits per heavy atom. The van der Waals surface area contributed by atoms with Crippen molar-refractivity contribution in [3.05, 3.63) is 12.3 Å². The smallest absolute Gasteiger partial charge is 0.225 e. The number of carbonyl (C=O) groups is 2. The topological polar surface area (TPSA) is 83.6 Å². The fourth-order valence-electron chi connectivity index (χ4n) is 4.71. The number of ether oxygens (including phenoxy) is 1. The number of pyridine rings is 1. The highest BCUT2D eigenvalue weighted by atomic mass is 35.5. The van der Waals surface area contributed by atoms with Gasteiger partial charge in [-0.05, 0) is 44.6 Å². The fraction of sp³-hybridized carbons (Fsp3) is 0.650. The molecule has 0 aromatic carbocycles. The number of hydrogen-bond donors (Lipinski definition) is 2. The zero-order valence-electron chi connectivity index (χ0n) is 16.3. The summed E-state index contributed by atoms with van der Waals surface area (Å²) >= 11 is 6.36. The first kappa shape index (κ1) is 19.3. The van der Waals surface area contributed by atoms with Gasteiger partial charge >= 0.3 is 0 Å². The van der Waals surface area contributed by atoms with Gasteiger partial charge in [-0.3, -0.25) is 9.59 Å². The maximum absolute atomic E-state index is 12.7. The van der Waals surface area contributed by atoms with E-state index in [-0.39, 0.29) is 35.2 Å². The minimum atomic E-state index is -0.159. The molecular formula is C20H27ClN4O3. The highest BCUT2D eigenvalue weighted by molar-refractivity contribution is 6.20. The Hall–Kier alpha value is -2.02. The van der Waals surface area contributed by atoms with E-state index in [1.807, 2.05) is 6.92 Å². The number of amides is 2. The summed E-state index contributed by atoms with van der Waals surface area (Å²) in [6, 6.07) is 1.92. The van der Waals surface area contributed by atoms with Crippen LogP contribution in [-0.4, -0.2) is 47.4 Å². The molecule has 1 aliphatic carbocycles. The molecule has 3 aliphatic rings. The van der Waals surface area contributed by atoms with Crippen molar-refractivity contribution in [2.45, 2.75) is 57.0 Å². The van der Waals surface area contributed by atoms with Gasteiger partial charge < -0.3 is 20.3 Å². The van der Waals surface area contributed by atoms with Crippen LogP contribution < -0.4 is 20.3 Å². The lowest BCUT2D eigenvalue weighted by Gasteiger charge is -2.42. The molecule has 2 N–H and O–H groups in total. The number of anilines is 2. The van der Waals surface area contributed by atoms with Gasteiger partial charge in [0.15, 0.2) is 11.6 Å². The Bertz CT molecular complexity index is 774. The van der Waals surface area contributed by atoms with Crippen LogP contribution in [0.2, 0.25) is 0 Å². The van der Waals surface area contributed by atoms with Crippen molar-refractivity contribution in [1.29, 1.82) is 0 Å². The predicted molar refractivity (Wildman–Crippen MR) is 108 cm³/mol. The molecule has 28 heavy (non-hydrogen) atoms. The average molecular weight is 407 g/mol. The molecule has 2 aliphatic heterocycles. The normalized spacial score (nSPS) is 30.4. The third-order valence-corrected chi connectivity index (χ3v) is 6.62. The third-order valence-electron chi connectivity index (χ3n) is 6.22. The Labute approximate surface area is 170 Å². The molecule has 3 heterocycles. The van der Waals surface area contributed by atoms with Crippen LogP contribution in [-0.2, 0) is 9.59 Å². The lowest BCUT2D eigenvalue weighted by atomic mass is 9.74. The molecule has 1 saturated heterocycles. The van der Waals surface area contributed by atoms with E-state index in [2.05, 4.69) is 15.6 Å². The lowest BCUT2D eigenvalue weighted by Crippen LogP contribution is -2.55. The summed E-state index contributed by atoms with van der Waals surface area (Å²) in [5, 5.41) is 6.77. The molecule has 0 bridgehead atoms. The van der Waals surface area contributed by atoms with Gasteiger partial charge in [0.2, 0.25) is 11.8 Å². The summed E-state index contributed by atoms with van der Waals surface area (Å²) in [5.74, 6) is 1.47. The molecule has 5 atom stereocenters. The standard InChI is InChI=1S/C20H27ClN4O3/c1-11(15-10-13-9-14(21)3-4-16(13)24-20(15)27)23-19-18-17(5-6-22-19)25(12(2)26)7-8-28-18/h5-6,11,13-16H,3-4,7-10H2,1-2H3,(H,22,23)(H,24,27)/t11-,13?,14?,15?,16?/m0/s1. The van der Waals surface area contributed by atoms with Crippen LogP contribution in [0.4, 0.5) is 11.5 Å². The van der Waals surface area contributed by atoms with Crippen LogP contribution in [0.1, 0.15) is 39.5 Å². The Balaban J connectivity index is 1.51. The molecule has 152 valence electrons. The van der Waals surface area contributed by atoms with Crippen molar-refractivity contribution in [3.8, 4) is 5.75 Å². The zero-order valence-corrected chi connectivity index (χ0v) is 17.0. The average Bonchev–Trinajstić information content (AvgIpc) is 2.67. The molecule has 0 radical (unpaired) electrons. The largest absolute Gasteiger partial charge is 0.486 e. The van der Waals surface area contributed by atoms with E-state index in [9.17, 15) is 9.59 Å². The second kappa shape index (κ2) is 7.78. The molecule has 0 spiro atoms. The number of carbonyl (C=O) groups excluding carboxylic acids is 2. The number of hydrogen-bond acceptors (Lipinski definition) is 5. The number of nitrogens with zero attached hydrogens (tertiary/aromatic N) is 2. The van der Waals surface area contributed by atoms with Crippen LogP contribution in [0.5, 0.6) is 5.75 Å². The molecule has 1 saturated carbocycles. The quantitative estimate of drug-likeness (QED) is 0.753. The van der Waals surface area contributed by atoms with Crippen LogP contribution in [0.3, 0.4) is 0 Å². The highest BCUT2D eigenvalue weighted by Crippen LogP contribution is 2.40. The van der Waals surface area contributed by atoms with Gasteiger partial charge in [0.25, 0.3) is 0 Å². The molecule has 8 heteroatoms. The first-order chi connectivity index (χ1) is 13.4. The van der Waals surface area contributed by atoms with Gasteiger partial charge in [-0.15, -0.1) is 11.6 Å². The molecule has 2 fully saturated rings. The number of rotatable bonds is 3. The van der Waals surface area contributed by atoms with Crippen molar-refractivity contribution in [2.24, 2.45) is 11.8 Å². The predicted octanol–water partition coefficient (Wildman–Crippen LogP) is 2.54.